The number of anilines is 1. The molecule has 0 unspecified atom stereocenters. The number of amides is 2. The summed E-state index contributed by atoms with van der Waals surface area (Å²) >= 11 is 6.09. The second-order valence-electron chi connectivity index (χ2n) is 7.47. The molecule has 0 aliphatic carbocycles. The summed E-state index contributed by atoms with van der Waals surface area (Å²) in [5.41, 5.74) is 6.49. The topological polar surface area (TPSA) is 106 Å². The number of nitrogen functional groups attached to an aromatic ring is 1. The van der Waals surface area contributed by atoms with Crippen LogP contribution in [-0.2, 0) is 9.47 Å². The highest BCUT2D eigenvalue weighted by molar-refractivity contribution is 6.33. The highest BCUT2D eigenvalue weighted by Crippen LogP contribution is 2.29. The minimum absolute atomic E-state index is 0.131. The largest absolute Gasteiger partial charge is 0.496 e. The summed E-state index contributed by atoms with van der Waals surface area (Å²) in [5, 5.41) is 3.35. The molecular weight excluding hydrogens is 412 g/mol. The van der Waals surface area contributed by atoms with E-state index in [0.717, 1.165) is 25.9 Å². The van der Waals surface area contributed by atoms with Crippen molar-refractivity contribution in [2.24, 2.45) is 0 Å². The van der Waals surface area contributed by atoms with Crippen molar-refractivity contribution in [2.45, 2.75) is 25.0 Å². The van der Waals surface area contributed by atoms with Gasteiger partial charge in [0, 0.05) is 32.8 Å². The van der Waals surface area contributed by atoms with Crippen LogP contribution >= 0.6 is 11.6 Å². The van der Waals surface area contributed by atoms with Gasteiger partial charge in [0.25, 0.3) is 5.91 Å². The number of hydrogen-bond donors (Lipinski definition) is 2. The molecule has 1 aromatic rings. The second-order valence-corrected chi connectivity index (χ2v) is 7.88. The fourth-order valence-corrected chi connectivity index (χ4v) is 4.03. The SMILES string of the molecule is COc1cc(N)c(Cl)cc1C(=O)N[C@@H]1CCN(CCCN2CCOC2=O)C[C@@H]1OC. The summed E-state index contributed by atoms with van der Waals surface area (Å²) in [6.07, 6.45) is 1.24. The van der Waals surface area contributed by atoms with Crippen molar-refractivity contribution in [3.05, 3.63) is 22.7 Å². The van der Waals surface area contributed by atoms with Gasteiger partial charge in [-0.25, -0.2) is 4.79 Å². The van der Waals surface area contributed by atoms with Crippen molar-refractivity contribution < 1.29 is 23.8 Å². The van der Waals surface area contributed by atoms with E-state index in [1.54, 1.807) is 18.1 Å². The lowest BCUT2D eigenvalue weighted by atomic mass is 10.0. The first-order valence-electron chi connectivity index (χ1n) is 10.0. The molecule has 2 aliphatic rings. The minimum Gasteiger partial charge on any atom is -0.496 e. The van der Waals surface area contributed by atoms with Gasteiger partial charge in [-0.05, 0) is 25.5 Å². The van der Waals surface area contributed by atoms with Gasteiger partial charge in [0.05, 0.1) is 42.1 Å². The van der Waals surface area contributed by atoms with Crippen LogP contribution in [0.4, 0.5) is 10.5 Å². The van der Waals surface area contributed by atoms with Crippen molar-refractivity contribution in [2.75, 3.05) is 59.3 Å². The lowest BCUT2D eigenvalue weighted by Crippen LogP contribution is -2.55. The number of carbonyl (C=O) groups is 2. The first kappa shape index (κ1) is 22.5. The fraction of sp³-hybridized carbons (Fsp3) is 0.600. The quantitative estimate of drug-likeness (QED) is 0.591. The van der Waals surface area contributed by atoms with Crippen LogP contribution < -0.4 is 15.8 Å². The molecule has 0 aromatic heterocycles. The van der Waals surface area contributed by atoms with E-state index in [9.17, 15) is 9.59 Å². The van der Waals surface area contributed by atoms with Gasteiger partial charge in [-0.15, -0.1) is 0 Å². The third-order valence-corrected chi connectivity index (χ3v) is 5.90. The summed E-state index contributed by atoms with van der Waals surface area (Å²) in [5.74, 6) is 0.100. The highest BCUT2D eigenvalue weighted by Gasteiger charge is 2.31. The molecule has 10 heteroatoms. The molecule has 30 heavy (non-hydrogen) atoms. The van der Waals surface area contributed by atoms with Gasteiger partial charge in [0.1, 0.15) is 12.4 Å². The Bertz CT molecular complexity index is 778. The minimum atomic E-state index is -0.276. The van der Waals surface area contributed by atoms with Crippen molar-refractivity contribution in [3.63, 3.8) is 0 Å². The van der Waals surface area contributed by atoms with E-state index in [4.69, 9.17) is 31.5 Å². The van der Waals surface area contributed by atoms with Gasteiger partial charge in [0.15, 0.2) is 0 Å². The van der Waals surface area contributed by atoms with Crippen LogP contribution in [0, 0.1) is 0 Å². The van der Waals surface area contributed by atoms with Crippen LogP contribution in [0.1, 0.15) is 23.2 Å². The van der Waals surface area contributed by atoms with Crippen LogP contribution in [0.5, 0.6) is 5.75 Å². The van der Waals surface area contributed by atoms with Crippen molar-refractivity contribution in [1.82, 2.24) is 15.1 Å². The standard InChI is InChI=1S/C20H29ClN4O5/c1-28-17-11-15(22)14(21)10-13(17)19(26)23-16-4-7-24(12-18(16)29-2)5-3-6-25-8-9-30-20(25)27/h10-11,16,18H,3-9,12,22H2,1-2H3,(H,23,26)/t16-,18+/m1/s1. The van der Waals surface area contributed by atoms with E-state index in [-0.39, 0.29) is 24.1 Å². The number of piperidine rings is 1. The number of cyclic esters (lactones) is 1. The Morgan fingerprint density at radius 2 is 2.13 bits per heavy atom. The molecule has 2 atom stereocenters. The van der Waals surface area contributed by atoms with Gasteiger partial charge in [-0.2, -0.15) is 0 Å². The molecule has 2 amide bonds. The van der Waals surface area contributed by atoms with Gasteiger partial charge in [-0.1, -0.05) is 11.6 Å². The molecular formula is C20H29ClN4O5. The molecule has 1 aromatic carbocycles. The van der Waals surface area contributed by atoms with Crippen LogP contribution in [0.2, 0.25) is 5.02 Å². The molecule has 9 nitrogen and oxygen atoms in total. The number of likely N-dealkylation sites (tertiary alicyclic amines) is 1. The van der Waals surface area contributed by atoms with Crippen molar-refractivity contribution in [3.8, 4) is 5.75 Å². The highest BCUT2D eigenvalue weighted by atomic mass is 35.5. The summed E-state index contributed by atoms with van der Waals surface area (Å²) in [6.45, 7) is 4.20. The van der Waals surface area contributed by atoms with Crippen molar-refractivity contribution in [1.29, 1.82) is 0 Å². The number of hydrogen-bond acceptors (Lipinski definition) is 7. The molecule has 2 aliphatic heterocycles. The van der Waals surface area contributed by atoms with E-state index in [0.29, 0.717) is 48.3 Å². The summed E-state index contributed by atoms with van der Waals surface area (Å²) in [7, 11) is 3.13. The molecule has 2 heterocycles. The lowest BCUT2D eigenvalue weighted by Gasteiger charge is -2.38. The van der Waals surface area contributed by atoms with E-state index in [1.807, 2.05) is 0 Å². The smallest absolute Gasteiger partial charge is 0.409 e. The Kier molecular flexibility index (Phi) is 7.63. The number of nitrogens with two attached hydrogens (primary N) is 1. The third kappa shape index (κ3) is 5.27. The summed E-state index contributed by atoms with van der Waals surface area (Å²) < 4.78 is 15.9. The first-order valence-corrected chi connectivity index (χ1v) is 10.4. The average molecular weight is 441 g/mol. The van der Waals surface area contributed by atoms with Gasteiger partial charge < -0.3 is 35.1 Å². The number of benzene rings is 1. The number of methoxy groups -OCH3 is 2. The Morgan fingerprint density at radius 1 is 1.33 bits per heavy atom. The Hall–Kier alpha value is -2.23. The number of carbonyl (C=O) groups excluding carboxylic acids is 2. The van der Waals surface area contributed by atoms with Crippen LogP contribution in [0.25, 0.3) is 0 Å². The number of nitrogens with one attached hydrogen (secondary N) is 1. The lowest BCUT2D eigenvalue weighted by molar-refractivity contribution is 0.00573. The molecule has 0 spiro atoms. The summed E-state index contributed by atoms with van der Waals surface area (Å²) in [4.78, 5) is 28.4. The van der Waals surface area contributed by atoms with Gasteiger partial charge in [-0.3, -0.25) is 4.79 Å². The second kappa shape index (κ2) is 10.2. The van der Waals surface area contributed by atoms with E-state index >= 15 is 0 Å². The Labute approximate surface area is 181 Å². The molecule has 0 radical (unpaired) electrons. The zero-order chi connectivity index (χ0) is 21.7. The first-order chi connectivity index (χ1) is 14.4. The molecule has 0 saturated carbocycles. The third-order valence-electron chi connectivity index (χ3n) is 5.57. The maximum absolute atomic E-state index is 12.8. The van der Waals surface area contributed by atoms with Gasteiger partial charge >= 0.3 is 6.09 Å². The molecule has 3 N–H and O–H groups in total. The number of halogens is 1. The maximum Gasteiger partial charge on any atom is 0.409 e. The predicted molar refractivity (Wildman–Crippen MR) is 113 cm³/mol. The summed E-state index contributed by atoms with van der Waals surface area (Å²) in [6, 6.07) is 2.93. The molecule has 2 fully saturated rings. The molecule has 0 bridgehead atoms. The predicted octanol–water partition coefficient (Wildman–Crippen LogP) is 1.59. The number of rotatable bonds is 8. The zero-order valence-corrected chi connectivity index (χ0v) is 18.1. The zero-order valence-electron chi connectivity index (χ0n) is 17.4. The molecule has 2 saturated heterocycles. The fourth-order valence-electron chi connectivity index (χ4n) is 3.86. The average Bonchev–Trinajstić information content (AvgIpc) is 3.15. The maximum atomic E-state index is 12.8. The molecule has 3 rings (SSSR count). The normalized spacial score (nSPS) is 22.1. The van der Waals surface area contributed by atoms with E-state index in [1.165, 1.54) is 13.2 Å². The van der Waals surface area contributed by atoms with Gasteiger partial charge in [0.2, 0.25) is 0 Å². The number of nitrogens with zero attached hydrogens (tertiary/aromatic N) is 2. The van der Waals surface area contributed by atoms with E-state index in [2.05, 4.69) is 10.2 Å². The van der Waals surface area contributed by atoms with Crippen LogP contribution in [0.15, 0.2) is 12.1 Å². The van der Waals surface area contributed by atoms with E-state index < -0.39 is 0 Å². The Morgan fingerprint density at radius 3 is 2.80 bits per heavy atom. The monoisotopic (exact) mass is 440 g/mol. The molecule has 166 valence electrons. The van der Waals surface area contributed by atoms with Crippen LogP contribution in [-0.4, -0.2) is 87.5 Å². The Balaban J connectivity index is 1.53. The number of ether oxygens (including phenoxy) is 3. The van der Waals surface area contributed by atoms with Crippen LogP contribution in [0.3, 0.4) is 0 Å². The van der Waals surface area contributed by atoms with Crippen molar-refractivity contribution >= 4 is 29.3 Å².